The Morgan fingerprint density at radius 3 is 2.35 bits per heavy atom. The van der Waals surface area contributed by atoms with E-state index in [2.05, 4.69) is 15.6 Å². The molecule has 4 nitrogen and oxygen atoms in total. The lowest BCUT2D eigenvalue weighted by Crippen LogP contribution is -2.13. The molecule has 0 aliphatic rings. The van der Waals surface area contributed by atoms with E-state index in [1.54, 1.807) is 42.6 Å². The van der Waals surface area contributed by atoms with Crippen LogP contribution in [0.15, 0.2) is 60.9 Å². The molecule has 1 amide bonds. The second-order valence-corrected chi connectivity index (χ2v) is 6.43. The van der Waals surface area contributed by atoms with Crippen LogP contribution in [-0.4, -0.2) is 10.9 Å². The summed E-state index contributed by atoms with van der Waals surface area (Å²) in [5, 5.41) is 6.74. The number of halogens is 3. The van der Waals surface area contributed by atoms with Gasteiger partial charge in [0, 0.05) is 34.7 Å². The SMILES string of the molecule is O=C(Nc1cc(Cl)cc(Cl)c1)c1cncc(NCc2ccc(F)cc2)c1. The molecular weight excluding hydrogens is 376 g/mol. The lowest BCUT2D eigenvalue weighted by molar-refractivity contribution is 0.102. The summed E-state index contributed by atoms with van der Waals surface area (Å²) in [6.07, 6.45) is 3.07. The van der Waals surface area contributed by atoms with E-state index in [9.17, 15) is 9.18 Å². The minimum atomic E-state index is -0.332. The Morgan fingerprint density at radius 2 is 1.65 bits per heavy atom. The van der Waals surface area contributed by atoms with E-state index in [-0.39, 0.29) is 11.7 Å². The highest BCUT2D eigenvalue weighted by Gasteiger charge is 2.09. The van der Waals surface area contributed by atoms with Crippen molar-refractivity contribution in [2.45, 2.75) is 6.54 Å². The summed E-state index contributed by atoms with van der Waals surface area (Å²) in [7, 11) is 0. The number of hydrogen-bond donors (Lipinski definition) is 2. The van der Waals surface area contributed by atoms with Crippen molar-refractivity contribution in [2.24, 2.45) is 0 Å². The predicted octanol–water partition coefficient (Wildman–Crippen LogP) is 5.39. The van der Waals surface area contributed by atoms with Crippen LogP contribution in [0.25, 0.3) is 0 Å². The number of benzene rings is 2. The number of anilines is 2. The van der Waals surface area contributed by atoms with Gasteiger partial charge in [-0.1, -0.05) is 35.3 Å². The van der Waals surface area contributed by atoms with Crippen LogP contribution >= 0.6 is 23.2 Å². The van der Waals surface area contributed by atoms with Gasteiger partial charge in [0.15, 0.2) is 0 Å². The average Bonchev–Trinajstić information content (AvgIpc) is 2.60. The Labute approximate surface area is 160 Å². The largest absolute Gasteiger partial charge is 0.380 e. The quantitative estimate of drug-likeness (QED) is 0.614. The third kappa shape index (κ3) is 4.94. The van der Waals surface area contributed by atoms with Gasteiger partial charge in [-0.3, -0.25) is 9.78 Å². The van der Waals surface area contributed by atoms with Crippen molar-refractivity contribution < 1.29 is 9.18 Å². The number of amides is 1. The van der Waals surface area contributed by atoms with Crippen molar-refractivity contribution in [3.8, 4) is 0 Å². The van der Waals surface area contributed by atoms with E-state index in [4.69, 9.17) is 23.2 Å². The van der Waals surface area contributed by atoms with Crippen molar-refractivity contribution in [3.05, 3.63) is 87.9 Å². The number of rotatable bonds is 5. The first-order valence-corrected chi connectivity index (χ1v) is 8.46. The van der Waals surface area contributed by atoms with Gasteiger partial charge in [-0.2, -0.15) is 0 Å². The first-order valence-electron chi connectivity index (χ1n) is 7.70. The molecule has 0 bridgehead atoms. The number of nitrogens with one attached hydrogen (secondary N) is 2. The van der Waals surface area contributed by atoms with Crippen LogP contribution in [0.1, 0.15) is 15.9 Å². The van der Waals surface area contributed by atoms with Crippen molar-refractivity contribution >= 4 is 40.5 Å². The third-order valence-corrected chi connectivity index (χ3v) is 3.97. The molecule has 0 fully saturated rings. The molecule has 7 heteroatoms. The van der Waals surface area contributed by atoms with E-state index in [0.717, 1.165) is 5.56 Å². The Kier molecular flexibility index (Phi) is 5.71. The monoisotopic (exact) mass is 389 g/mol. The van der Waals surface area contributed by atoms with Crippen LogP contribution < -0.4 is 10.6 Å². The summed E-state index contributed by atoms with van der Waals surface area (Å²) >= 11 is 11.9. The van der Waals surface area contributed by atoms with Gasteiger partial charge in [0.05, 0.1) is 11.3 Å². The molecule has 0 atom stereocenters. The zero-order valence-electron chi connectivity index (χ0n) is 13.5. The maximum Gasteiger partial charge on any atom is 0.257 e. The van der Waals surface area contributed by atoms with Gasteiger partial charge in [0.25, 0.3) is 5.91 Å². The van der Waals surface area contributed by atoms with Crippen molar-refractivity contribution in [3.63, 3.8) is 0 Å². The van der Waals surface area contributed by atoms with Gasteiger partial charge < -0.3 is 10.6 Å². The third-order valence-electron chi connectivity index (χ3n) is 3.53. The van der Waals surface area contributed by atoms with Crippen LogP contribution in [-0.2, 0) is 6.54 Å². The number of nitrogens with zero attached hydrogens (tertiary/aromatic N) is 1. The van der Waals surface area contributed by atoms with Gasteiger partial charge in [-0.15, -0.1) is 0 Å². The summed E-state index contributed by atoms with van der Waals surface area (Å²) in [5.74, 6) is -0.614. The number of aromatic nitrogens is 1. The summed E-state index contributed by atoms with van der Waals surface area (Å²) in [5.41, 5.74) is 2.46. The highest BCUT2D eigenvalue weighted by molar-refractivity contribution is 6.35. The zero-order valence-corrected chi connectivity index (χ0v) is 15.0. The van der Waals surface area contributed by atoms with E-state index in [1.807, 2.05) is 0 Å². The van der Waals surface area contributed by atoms with E-state index in [1.165, 1.54) is 18.3 Å². The highest BCUT2D eigenvalue weighted by Crippen LogP contribution is 2.23. The molecule has 0 saturated carbocycles. The molecule has 0 saturated heterocycles. The minimum Gasteiger partial charge on any atom is -0.380 e. The second kappa shape index (κ2) is 8.17. The fraction of sp³-hybridized carbons (Fsp3) is 0.0526. The second-order valence-electron chi connectivity index (χ2n) is 5.55. The van der Waals surface area contributed by atoms with Crippen LogP contribution in [0.4, 0.5) is 15.8 Å². The number of carbonyl (C=O) groups is 1. The number of hydrogen-bond acceptors (Lipinski definition) is 3. The summed E-state index contributed by atoms with van der Waals surface area (Å²) < 4.78 is 12.9. The van der Waals surface area contributed by atoms with Gasteiger partial charge in [0.1, 0.15) is 5.82 Å². The van der Waals surface area contributed by atoms with Crippen molar-refractivity contribution in [1.29, 1.82) is 0 Å². The molecule has 26 heavy (non-hydrogen) atoms. The molecule has 1 aromatic heterocycles. The molecule has 0 unspecified atom stereocenters. The molecule has 1 heterocycles. The lowest BCUT2D eigenvalue weighted by atomic mass is 10.2. The topological polar surface area (TPSA) is 54.0 Å². The lowest BCUT2D eigenvalue weighted by Gasteiger charge is -2.09. The maximum absolute atomic E-state index is 12.9. The van der Waals surface area contributed by atoms with Gasteiger partial charge in [-0.25, -0.2) is 4.39 Å². The molecule has 0 spiro atoms. The first-order chi connectivity index (χ1) is 12.5. The Balaban J connectivity index is 1.67. The van der Waals surface area contributed by atoms with Crippen molar-refractivity contribution in [2.75, 3.05) is 10.6 Å². The van der Waals surface area contributed by atoms with E-state index >= 15 is 0 Å². The van der Waals surface area contributed by atoms with Crippen LogP contribution in [0.3, 0.4) is 0 Å². The molecule has 132 valence electrons. The molecular formula is C19H14Cl2FN3O. The fourth-order valence-corrected chi connectivity index (χ4v) is 2.82. The molecule has 0 radical (unpaired) electrons. The van der Waals surface area contributed by atoms with Crippen LogP contribution in [0.5, 0.6) is 0 Å². The first kappa shape index (κ1) is 18.2. The summed E-state index contributed by atoms with van der Waals surface area (Å²) in [6.45, 7) is 0.483. The molecule has 3 aromatic rings. The zero-order chi connectivity index (χ0) is 18.5. The minimum absolute atomic E-state index is 0.282. The summed E-state index contributed by atoms with van der Waals surface area (Å²) in [6, 6.07) is 12.7. The Bertz CT molecular complexity index is 912. The van der Waals surface area contributed by atoms with Gasteiger partial charge >= 0.3 is 0 Å². The maximum atomic E-state index is 12.9. The van der Waals surface area contributed by atoms with Crippen molar-refractivity contribution in [1.82, 2.24) is 4.98 Å². The number of pyridine rings is 1. The number of carbonyl (C=O) groups excluding carboxylic acids is 1. The standard InChI is InChI=1S/C19H14Cl2FN3O/c20-14-6-15(21)8-17(7-14)25-19(26)13-5-18(11-23-10-13)24-9-12-1-3-16(22)4-2-12/h1-8,10-11,24H,9H2,(H,25,26). The van der Waals surface area contributed by atoms with Crippen LogP contribution in [0.2, 0.25) is 10.0 Å². The fourth-order valence-electron chi connectivity index (χ4n) is 2.30. The molecule has 2 N–H and O–H groups in total. The predicted molar refractivity (Wildman–Crippen MR) is 102 cm³/mol. The molecule has 0 aliphatic carbocycles. The van der Waals surface area contributed by atoms with Crippen LogP contribution in [0, 0.1) is 5.82 Å². The van der Waals surface area contributed by atoms with E-state index in [0.29, 0.717) is 33.5 Å². The molecule has 2 aromatic carbocycles. The summed E-state index contributed by atoms with van der Waals surface area (Å²) in [4.78, 5) is 16.5. The molecule has 3 rings (SSSR count). The molecule has 0 aliphatic heterocycles. The van der Waals surface area contributed by atoms with Gasteiger partial charge in [-0.05, 0) is 42.0 Å². The highest BCUT2D eigenvalue weighted by atomic mass is 35.5. The Morgan fingerprint density at radius 1 is 0.962 bits per heavy atom. The normalized spacial score (nSPS) is 10.4. The van der Waals surface area contributed by atoms with Gasteiger partial charge in [0.2, 0.25) is 0 Å². The average molecular weight is 390 g/mol. The van der Waals surface area contributed by atoms with E-state index < -0.39 is 0 Å². The smallest absolute Gasteiger partial charge is 0.257 e. The Hall–Kier alpha value is -2.63.